The Hall–Kier alpha value is -1.66. The lowest BCUT2D eigenvalue weighted by molar-refractivity contribution is 0.00320. The summed E-state index contributed by atoms with van der Waals surface area (Å²) < 4.78 is 0. The third-order valence-corrected chi connectivity index (χ3v) is 2.44. The van der Waals surface area contributed by atoms with Crippen molar-refractivity contribution in [3.8, 4) is 0 Å². The molecule has 1 aromatic rings. The topological polar surface area (TPSA) is 85.7 Å². The summed E-state index contributed by atoms with van der Waals surface area (Å²) in [5.74, 6) is 0.426. The fourth-order valence-electron chi connectivity index (χ4n) is 1.21. The number of amides is 1. The van der Waals surface area contributed by atoms with E-state index in [1.54, 1.807) is 12.1 Å². The monoisotopic (exact) mass is 253 g/mol. The molecule has 0 aliphatic carbocycles. The first kappa shape index (κ1) is 14.4. The molecule has 1 rings (SSSR count). The first-order valence-corrected chi connectivity index (χ1v) is 5.60. The molecule has 0 saturated carbocycles. The molecule has 0 aliphatic rings. The highest BCUT2D eigenvalue weighted by atomic mass is 16.3. The fraction of sp³-hybridized carbons (Fsp3) is 0.500. The fourth-order valence-corrected chi connectivity index (χ4v) is 1.21. The van der Waals surface area contributed by atoms with Crippen molar-refractivity contribution in [1.29, 1.82) is 0 Å². The number of aromatic nitrogens is 1. The Morgan fingerprint density at radius 3 is 2.61 bits per heavy atom. The molecule has 1 amide bonds. The van der Waals surface area contributed by atoms with E-state index >= 15 is 0 Å². The van der Waals surface area contributed by atoms with Gasteiger partial charge in [0.05, 0.1) is 12.2 Å². The summed E-state index contributed by atoms with van der Waals surface area (Å²) in [6.45, 7) is 1.02. The van der Waals surface area contributed by atoms with Crippen LogP contribution in [0.1, 0.15) is 17.3 Å². The Morgan fingerprint density at radius 1 is 1.50 bits per heavy atom. The van der Waals surface area contributed by atoms with Crippen molar-refractivity contribution < 1.29 is 15.0 Å². The van der Waals surface area contributed by atoms with Crippen molar-refractivity contribution in [3.05, 3.63) is 23.9 Å². The van der Waals surface area contributed by atoms with Crippen molar-refractivity contribution in [2.75, 3.05) is 32.1 Å². The van der Waals surface area contributed by atoms with Gasteiger partial charge in [-0.1, -0.05) is 0 Å². The maximum Gasteiger partial charge on any atom is 0.252 e. The van der Waals surface area contributed by atoms with Crippen molar-refractivity contribution in [2.24, 2.45) is 0 Å². The van der Waals surface area contributed by atoms with E-state index in [4.69, 9.17) is 5.11 Å². The Kier molecular flexibility index (Phi) is 4.63. The lowest BCUT2D eigenvalue weighted by atomic mass is 10.1. The third-order valence-electron chi connectivity index (χ3n) is 2.44. The molecule has 100 valence electrons. The summed E-state index contributed by atoms with van der Waals surface area (Å²) >= 11 is 0. The second-order valence-corrected chi connectivity index (χ2v) is 4.64. The number of nitrogens with one attached hydrogen (secondary N) is 1. The molecule has 0 aromatic carbocycles. The van der Waals surface area contributed by atoms with Gasteiger partial charge in [0.25, 0.3) is 5.91 Å². The van der Waals surface area contributed by atoms with Gasteiger partial charge in [0.1, 0.15) is 11.4 Å². The Morgan fingerprint density at radius 2 is 2.17 bits per heavy atom. The Labute approximate surface area is 106 Å². The smallest absolute Gasteiger partial charge is 0.252 e. The van der Waals surface area contributed by atoms with E-state index in [1.165, 1.54) is 13.1 Å². The zero-order chi connectivity index (χ0) is 13.8. The normalized spacial score (nSPS) is 13.8. The number of hydrogen-bond donors (Lipinski definition) is 3. The average molecular weight is 253 g/mol. The van der Waals surface area contributed by atoms with Crippen LogP contribution in [-0.4, -0.2) is 54.0 Å². The van der Waals surface area contributed by atoms with Gasteiger partial charge in [0.15, 0.2) is 0 Å². The van der Waals surface area contributed by atoms with Crippen LogP contribution in [0.4, 0.5) is 5.82 Å². The maximum atomic E-state index is 11.7. The number of nitrogens with zero attached hydrogens (tertiary/aromatic N) is 2. The van der Waals surface area contributed by atoms with Gasteiger partial charge in [0, 0.05) is 26.8 Å². The molecule has 0 saturated heterocycles. The number of hydrogen-bond acceptors (Lipinski definition) is 5. The van der Waals surface area contributed by atoms with Gasteiger partial charge < -0.3 is 20.4 Å². The van der Waals surface area contributed by atoms with Crippen LogP contribution >= 0.6 is 0 Å². The van der Waals surface area contributed by atoms with Gasteiger partial charge in [-0.3, -0.25) is 4.79 Å². The quantitative estimate of drug-likeness (QED) is 0.666. The molecular formula is C12H19N3O3. The van der Waals surface area contributed by atoms with Crippen LogP contribution in [0.15, 0.2) is 18.3 Å². The molecule has 18 heavy (non-hydrogen) atoms. The summed E-state index contributed by atoms with van der Waals surface area (Å²) in [6, 6.07) is 3.39. The van der Waals surface area contributed by atoms with Crippen LogP contribution in [0.5, 0.6) is 0 Å². The highest BCUT2D eigenvalue weighted by Gasteiger charge is 2.20. The molecule has 0 radical (unpaired) electrons. The van der Waals surface area contributed by atoms with E-state index in [0.717, 1.165) is 5.82 Å². The number of pyridine rings is 1. The first-order chi connectivity index (χ1) is 8.35. The molecule has 1 unspecified atom stereocenters. The minimum absolute atomic E-state index is 0.0161. The third kappa shape index (κ3) is 3.97. The lowest BCUT2D eigenvalue weighted by Gasteiger charge is -2.20. The van der Waals surface area contributed by atoms with Crippen LogP contribution in [0, 0.1) is 0 Å². The second-order valence-electron chi connectivity index (χ2n) is 4.64. The highest BCUT2D eigenvalue weighted by molar-refractivity contribution is 5.94. The van der Waals surface area contributed by atoms with Crippen molar-refractivity contribution in [3.63, 3.8) is 0 Å². The number of carbonyl (C=O) groups excluding carboxylic acids is 1. The van der Waals surface area contributed by atoms with E-state index in [0.29, 0.717) is 5.56 Å². The molecular weight excluding hydrogens is 234 g/mol. The molecule has 1 heterocycles. The molecule has 0 aliphatic heterocycles. The summed E-state index contributed by atoms with van der Waals surface area (Å²) in [4.78, 5) is 17.7. The Bertz CT molecular complexity index is 402. The number of aliphatic hydroxyl groups is 2. The number of aliphatic hydroxyl groups excluding tert-OH is 1. The number of rotatable bonds is 5. The summed E-state index contributed by atoms with van der Waals surface area (Å²) in [5.41, 5.74) is -0.901. The van der Waals surface area contributed by atoms with Gasteiger partial charge in [-0.25, -0.2) is 4.98 Å². The summed E-state index contributed by atoms with van der Waals surface area (Å²) in [6.07, 6.45) is 1.47. The molecule has 6 heteroatoms. The molecule has 0 spiro atoms. The summed E-state index contributed by atoms with van der Waals surface area (Å²) in [7, 11) is 3.72. The molecule has 0 fully saturated rings. The van der Waals surface area contributed by atoms with Crippen LogP contribution in [0.25, 0.3) is 0 Å². The van der Waals surface area contributed by atoms with Gasteiger partial charge >= 0.3 is 0 Å². The van der Waals surface area contributed by atoms with Crippen LogP contribution < -0.4 is 10.2 Å². The van der Waals surface area contributed by atoms with Gasteiger partial charge in [0.2, 0.25) is 0 Å². The van der Waals surface area contributed by atoms with Gasteiger partial charge in [-0.05, 0) is 19.1 Å². The molecule has 1 aromatic heterocycles. The SMILES string of the molecule is CN(C)c1ccc(C(=O)NCC(C)(O)CO)cn1. The predicted octanol–water partition coefficient (Wildman–Crippen LogP) is -0.379. The van der Waals surface area contributed by atoms with Gasteiger partial charge in [-0.2, -0.15) is 0 Å². The van der Waals surface area contributed by atoms with Crippen LogP contribution in [-0.2, 0) is 0 Å². The minimum atomic E-state index is -1.31. The zero-order valence-electron chi connectivity index (χ0n) is 10.8. The van der Waals surface area contributed by atoms with Crippen molar-refractivity contribution in [1.82, 2.24) is 10.3 Å². The molecule has 0 bridgehead atoms. The lowest BCUT2D eigenvalue weighted by Crippen LogP contribution is -2.43. The van der Waals surface area contributed by atoms with Crippen LogP contribution in [0.3, 0.4) is 0 Å². The van der Waals surface area contributed by atoms with E-state index in [-0.39, 0.29) is 12.5 Å². The number of anilines is 1. The van der Waals surface area contributed by atoms with E-state index in [9.17, 15) is 9.90 Å². The minimum Gasteiger partial charge on any atom is -0.393 e. The highest BCUT2D eigenvalue weighted by Crippen LogP contribution is 2.08. The second kappa shape index (κ2) is 5.79. The maximum absolute atomic E-state index is 11.7. The largest absolute Gasteiger partial charge is 0.393 e. The van der Waals surface area contributed by atoms with E-state index in [1.807, 2.05) is 19.0 Å². The number of carbonyl (C=O) groups is 1. The molecule has 1 atom stereocenters. The molecule has 6 nitrogen and oxygen atoms in total. The molecule has 3 N–H and O–H groups in total. The van der Waals surface area contributed by atoms with Crippen molar-refractivity contribution in [2.45, 2.75) is 12.5 Å². The van der Waals surface area contributed by atoms with E-state index in [2.05, 4.69) is 10.3 Å². The zero-order valence-corrected chi connectivity index (χ0v) is 10.8. The van der Waals surface area contributed by atoms with E-state index < -0.39 is 12.2 Å². The van der Waals surface area contributed by atoms with Gasteiger partial charge in [-0.15, -0.1) is 0 Å². The first-order valence-electron chi connectivity index (χ1n) is 5.60. The summed E-state index contributed by atoms with van der Waals surface area (Å²) in [5, 5.41) is 20.9. The predicted molar refractivity (Wildman–Crippen MR) is 68.6 cm³/mol. The van der Waals surface area contributed by atoms with Crippen LogP contribution in [0.2, 0.25) is 0 Å². The average Bonchev–Trinajstić information content (AvgIpc) is 2.36. The van der Waals surface area contributed by atoms with Crippen molar-refractivity contribution >= 4 is 11.7 Å². The standard InChI is InChI=1S/C12H19N3O3/c1-12(18,8-16)7-14-11(17)9-4-5-10(13-6-9)15(2)3/h4-6,16,18H,7-8H2,1-3H3,(H,14,17). The Balaban J connectivity index is 2.62.